The summed E-state index contributed by atoms with van der Waals surface area (Å²) in [6.07, 6.45) is 0.623. The molecule has 2 aromatic rings. The van der Waals surface area contributed by atoms with Gasteiger partial charge in [0.2, 0.25) is 5.91 Å². The van der Waals surface area contributed by atoms with Gasteiger partial charge in [-0.15, -0.1) is 0 Å². The molecule has 4 rings (SSSR count). The van der Waals surface area contributed by atoms with Crippen molar-refractivity contribution in [1.29, 1.82) is 0 Å². The number of halogens is 1. The fraction of sp³-hybridized carbons (Fsp3) is 0.278. The Hall–Kier alpha value is -2.56. The first-order valence-electron chi connectivity index (χ1n) is 7.69. The topological polar surface area (TPSA) is 38.8 Å². The van der Waals surface area contributed by atoms with Gasteiger partial charge < -0.3 is 14.4 Å². The maximum Gasteiger partial charge on any atom is 0.235 e. The molecule has 1 amide bonds. The summed E-state index contributed by atoms with van der Waals surface area (Å²) in [5.41, 5.74) is 1.40. The third-order valence-electron chi connectivity index (χ3n) is 4.31. The molecule has 1 atom stereocenters. The molecule has 0 bridgehead atoms. The van der Waals surface area contributed by atoms with Crippen LogP contribution < -0.4 is 14.4 Å². The van der Waals surface area contributed by atoms with Crippen LogP contribution in [0, 0.1) is 5.82 Å². The Morgan fingerprint density at radius 1 is 1.09 bits per heavy atom. The van der Waals surface area contributed by atoms with E-state index in [2.05, 4.69) is 0 Å². The molecule has 0 N–H and O–H groups in total. The van der Waals surface area contributed by atoms with E-state index in [4.69, 9.17) is 9.47 Å². The normalized spacial score (nSPS) is 19.2. The number of nitrogens with zero attached hydrogens (tertiary/aromatic N) is 1. The molecular weight excluding hydrogens is 297 g/mol. The van der Waals surface area contributed by atoms with Crippen LogP contribution in [0.1, 0.15) is 17.9 Å². The predicted molar refractivity (Wildman–Crippen MR) is 83.5 cm³/mol. The number of rotatable bonds is 1. The van der Waals surface area contributed by atoms with E-state index in [9.17, 15) is 9.18 Å². The molecule has 0 aliphatic carbocycles. The average molecular weight is 313 g/mol. The van der Waals surface area contributed by atoms with Crippen LogP contribution in [-0.2, 0) is 4.79 Å². The Kier molecular flexibility index (Phi) is 3.41. The first-order valence-corrected chi connectivity index (χ1v) is 7.69. The molecule has 0 saturated heterocycles. The lowest BCUT2D eigenvalue weighted by Crippen LogP contribution is -2.42. The zero-order chi connectivity index (χ0) is 15.8. The summed E-state index contributed by atoms with van der Waals surface area (Å²) in [5, 5.41) is 0. The van der Waals surface area contributed by atoms with Gasteiger partial charge in [0.05, 0.1) is 24.8 Å². The van der Waals surface area contributed by atoms with Gasteiger partial charge in [-0.05, 0) is 24.6 Å². The number of para-hydroxylation sites is 1. The van der Waals surface area contributed by atoms with E-state index in [0.717, 1.165) is 11.3 Å². The molecule has 2 heterocycles. The van der Waals surface area contributed by atoms with E-state index in [0.29, 0.717) is 37.6 Å². The van der Waals surface area contributed by atoms with Crippen LogP contribution in [-0.4, -0.2) is 25.7 Å². The van der Waals surface area contributed by atoms with Gasteiger partial charge in [-0.25, -0.2) is 4.39 Å². The highest BCUT2D eigenvalue weighted by molar-refractivity contribution is 6.00. The van der Waals surface area contributed by atoms with Gasteiger partial charge in [0.15, 0.2) is 0 Å². The minimum atomic E-state index is -0.376. The first-order chi connectivity index (χ1) is 11.2. The second-order valence-corrected chi connectivity index (χ2v) is 5.68. The zero-order valence-electron chi connectivity index (χ0n) is 12.5. The van der Waals surface area contributed by atoms with Crippen molar-refractivity contribution in [2.24, 2.45) is 0 Å². The van der Waals surface area contributed by atoms with E-state index >= 15 is 0 Å². The predicted octanol–water partition coefficient (Wildman–Crippen LogP) is 3.12. The van der Waals surface area contributed by atoms with Crippen LogP contribution >= 0.6 is 0 Å². The van der Waals surface area contributed by atoms with Gasteiger partial charge >= 0.3 is 0 Å². The number of ether oxygens (including phenoxy) is 2. The Morgan fingerprint density at radius 2 is 1.91 bits per heavy atom. The molecule has 2 aliphatic rings. The van der Waals surface area contributed by atoms with Gasteiger partial charge in [0.1, 0.15) is 23.9 Å². The van der Waals surface area contributed by atoms with Crippen molar-refractivity contribution in [1.82, 2.24) is 0 Å². The summed E-state index contributed by atoms with van der Waals surface area (Å²) in [5.74, 6) is 0.626. The van der Waals surface area contributed by atoms with Crippen molar-refractivity contribution in [3.8, 4) is 11.5 Å². The average Bonchev–Trinajstić information content (AvgIpc) is 2.60. The third-order valence-corrected chi connectivity index (χ3v) is 4.31. The Bertz CT molecular complexity index is 762. The molecule has 2 aliphatic heterocycles. The van der Waals surface area contributed by atoms with Gasteiger partial charge in [-0.2, -0.15) is 0 Å². The Morgan fingerprint density at radius 3 is 2.83 bits per heavy atom. The number of anilines is 1. The van der Waals surface area contributed by atoms with E-state index in [1.807, 2.05) is 24.3 Å². The maximum atomic E-state index is 13.6. The van der Waals surface area contributed by atoms with Gasteiger partial charge in [0.25, 0.3) is 0 Å². The third kappa shape index (κ3) is 2.42. The Balaban J connectivity index is 1.71. The minimum absolute atomic E-state index is 0.0316. The Labute approximate surface area is 133 Å². The molecule has 4 nitrogen and oxygen atoms in total. The monoisotopic (exact) mass is 313 g/mol. The minimum Gasteiger partial charge on any atom is -0.493 e. The molecule has 0 aromatic heterocycles. The molecule has 0 spiro atoms. The number of hydrogen-bond acceptors (Lipinski definition) is 3. The van der Waals surface area contributed by atoms with Crippen LogP contribution in [0.15, 0.2) is 42.5 Å². The molecule has 0 radical (unpaired) electrons. The molecule has 0 saturated carbocycles. The van der Waals surface area contributed by atoms with Crippen molar-refractivity contribution < 1.29 is 18.7 Å². The molecule has 5 heteroatoms. The van der Waals surface area contributed by atoms with Gasteiger partial charge in [-0.1, -0.05) is 18.2 Å². The highest BCUT2D eigenvalue weighted by Gasteiger charge is 2.34. The van der Waals surface area contributed by atoms with E-state index < -0.39 is 0 Å². The van der Waals surface area contributed by atoms with Crippen molar-refractivity contribution in [3.63, 3.8) is 0 Å². The number of fused-ring (bicyclic) bond motifs is 2. The second-order valence-electron chi connectivity index (χ2n) is 5.68. The quantitative estimate of drug-likeness (QED) is 0.812. The number of hydrogen-bond donors (Lipinski definition) is 0. The number of amides is 1. The number of carbonyl (C=O) groups is 1. The largest absolute Gasteiger partial charge is 0.493 e. The summed E-state index contributed by atoms with van der Waals surface area (Å²) in [6, 6.07) is 11.9. The number of benzene rings is 2. The van der Waals surface area contributed by atoms with Crippen molar-refractivity contribution >= 4 is 11.6 Å². The summed E-state index contributed by atoms with van der Waals surface area (Å²) in [6.45, 7) is 1.35. The molecule has 23 heavy (non-hydrogen) atoms. The van der Waals surface area contributed by atoms with Gasteiger partial charge in [-0.3, -0.25) is 4.79 Å². The van der Waals surface area contributed by atoms with Crippen molar-refractivity contribution in [3.05, 3.63) is 53.8 Å². The lowest BCUT2D eigenvalue weighted by molar-refractivity contribution is -0.120. The van der Waals surface area contributed by atoms with Crippen molar-refractivity contribution in [2.45, 2.75) is 12.3 Å². The zero-order valence-corrected chi connectivity index (χ0v) is 12.5. The fourth-order valence-electron chi connectivity index (χ4n) is 3.21. The fourth-order valence-corrected chi connectivity index (χ4v) is 3.21. The van der Waals surface area contributed by atoms with E-state index in [1.165, 1.54) is 12.1 Å². The SMILES string of the molecule is O=C([C@@H]1CCOc2ccccc21)N1CCOc2ccc(F)cc21. The smallest absolute Gasteiger partial charge is 0.235 e. The lowest BCUT2D eigenvalue weighted by Gasteiger charge is -2.34. The second kappa shape index (κ2) is 5.57. The molecule has 0 fully saturated rings. The molecule has 118 valence electrons. The van der Waals surface area contributed by atoms with Gasteiger partial charge in [0, 0.05) is 11.6 Å². The summed E-state index contributed by atoms with van der Waals surface area (Å²) in [4.78, 5) is 14.7. The lowest BCUT2D eigenvalue weighted by atomic mass is 9.91. The van der Waals surface area contributed by atoms with Crippen molar-refractivity contribution in [2.75, 3.05) is 24.7 Å². The van der Waals surface area contributed by atoms with Crippen LogP contribution in [0.25, 0.3) is 0 Å². The standard InChI is InChI=1S/C18H16FNO3/c19-12-5-6-17-15(11-12)20(8-10-23-17)18(21)14-7-9-22-16-4-2-1-3-13(14)16/h1-6,11,14H,7-10H2/t14-/m1/s1. The summed E-state index contributed by atoms with van der Waals surface area (Å²) >= 11 is 0. The van der Waals surface area contributed by atoms with Crippen LogP contribution in [0.2, 0.25) is 0 Å². The maximum absolute atomic E-state index is 13.6. The highest BCUT2D eigenvalue weighted by Crippen LogP contribution is 2.38. The summed E-state index contributed by atoms with van der Waals surface area (Å²) < 4.78 is 24.8. The van der Waals surface area contributed by atoms with Crippen LogP contribution in [0.3, 0.4) is 0 Å². The first kappa shape index (κ1) is 14.1. The van der Waals surface area contributed by atoms with Crippen LogP contribution in [0.4, 0.5) is 10.1 Å². The van der Waals surface area contributed by atoms with Crippen LogP contribution in [0.5, 0.6) is 11.5 Å². The summed E-state index contributed by atoms with van der Waals surface area (Å²) in [7, 11) is 0. The van der Waals surface area contributed by atoms with E-state index in [-0.39, 0.29) is 17.6 Å². The van der Waals surface area contributed by atoms with E-state index in [1.54, 1.807) is 11.0 Å². The molecular formula is C18H16FNO3. The highest BCUT2D eigenvalue weighted by atomic mass is 19.1. The molecule has 0 unspecified atom stereocenters. The molecule has 2 aromatic carbocycles. The number of carbonyl (C=O) groups excluding carboxylic acids is 1.